The van der Waals surface area contributed by atoms with Crippen LogP contribution in [0.15, 0.2) is 21.2 Å². The standard InChI is InChI=1S/C13H20BrNO/c1-13(2)7-4-5-9(13)11(15-3)12-10(14)6-8-16-12/h6,8-9,11,15H,4-5,7H2,1-3H3. The van der Waals surface area contributed by atoms with Gasteiger partial charge in [-0.2, -0.15) is 0 Å². The van der Waals surface area contributed by atoms with Gasteiger partial charge in [0.1, 0.15) is 5.76 Å². The van der Waals surface area contributed by atoms with Gasteiger partial charge in [0, 0.05) is 0 Å². The van der Waals surface area contributed by atoms with E-state index < -0.39 is 0 Å². The van der Waals surface area contributed by atoms with E-state index in [1.54, 1.807) is 6.26 Å². The Morgan fingerprint density at radius 3 is 2.75 bits per heavy atom. The summed E-state index contributed by atoms with van der Waals surface area (Å²) in [6, 6.07) is 2.30. The van der Waals surface area contributed by atoms with Crippen LogP contribution in [0.2, 0.25) is 0 Å². The van der Waals surface area contributed by atoms with Crippen molar-refractivity contribution in [2.75, 3.05) is 7.05 Å². The highest BCUT2D eigenvalue weighted by Crippen LogP contribution is 2.49. The molecule has 1 fully saturated rings. The van der Waals surface area contributed by atoms with Gasteiger partial charge in [0.25, 0.3) is 0 Å². The summed E-state index contributed by atoms with van der Waals surface area (Å²) in [5, 5.41) is 3.42. The number of furan rings is 1. The average Bonchev–Trinajstić information content (AvgIpc) is 2.77. The number of hydrogen-bond donors (Lipinski definition) is 1. The third kappa shape index (κ3) is 2.07. The van der Waals surface area contributed by atoms with Crippen LogP contribution in [0.1, 0.15) is 44.9 Å². The van der Waals surface area contributed by atoms with Crippen molar-refractivity contribution in [2.24, 2.45) is 11.3 Å². The second-order valence-corrected chi connectivity index (χ2v) is 6.24. The van der Waals surface area contributed by atoms with Crippen LogP contribution in [0.3, 0.4) is 0 Å². The molecular formula is C13H20BrNO. The minimum atomic E-state index is 0.321. The fraction of sp³-hybridized carbons (Fsp3) is 0.692. The third-order valence-corrected chi connectivity index (χ3v) is 4.64. The number of rotatable bonds is 3. The Balaban J connectivity index is 2.27. The second kappa shape index (κ2) is 4.53. The Hall–Kier alpha value is -0.280. The van der Waals surface area contributed by atoms with Crippen LogP contribution in [0.25, 0.3) is 0 Å². The van der Waals surface area contributed by atoms with Gasteiger partial charge in [-0.05, 0) is 53.2 Å². The van der Waals surface area contributed by atoms with E-state index in [4.69, 9.17) is 4.42 Å². The van der Waals surface area contributed by atoms with Crippen molar-refractivity contribution in [1.29, 1.82) is 0 Å². The van der Waals surface area contributed by atoms with Gasteiger partial charge in [-0.25, -0.2) is 0 Å². The molecule has 1 N–H and O–H groups in total. The van der Waals surface area contributed by atoms with Gasteiger partial charge in [-0.3, -0.25) is 0 Å². The molecule has 0 aliphatic heterocycles. The van der Waals surface area contributed by atoms with E-state index in [2.05, 4.69) is 35.1 Å². The normalized spacial score (nSPS) is 25.9. The fourth-order valence-electron chi connectivity index (χ4n) is 3.01. The lowest BCUT2D eigenvalue weighted by atomic mass is 9.77. The molecule has 1 aromatic rings. The fourth-order valence-corrected chi connectivity index (χ4v) is 3.46. The predicted molar refractivity (Wildman–Crippen MR) is 69.3 cm³/mol. The van der Waals surface area contributed by atoms with E-state index in [0.717, 1.165) is 10.2 Å². The zero-order valence-corrected chi connectivity index (χ0v) is 11.8. The zero-order chi connectivity index (χ0) is 11.8. The molecule has 0 aromatic carbocycles. The molecule has 1 heterocycles. The lowest BCUT2D eigenvalue weighted by Crippen LogP contribution is -2.31. The second-order valence-electron chi connectivity index (χ2n) is 5.39. The van der Waals surface area contributed by atoms with Crippen molar-refractivity contribution < 1.29 is 4.42 Å². The highest BCUT2D eigenvalue weighted by Gasteiger charge is 2.41. The number of hydrogen-bond acceptors (Lipinski definition) is 2. The minimum Gasteiger partial charge on any atom is -0.466 e. The van der Waals surface area contributed by atoms with Gasteiger partial charge in [0.2, 0.25) is 0 Å². The van der Waals surface area contributed by atoms with Crippen molar-refractivity contribution in [2.45, 2.75) is 39.2 Å². The average molecular weight is 286 g/mol. The Bertz CT molecular complexity index is 359. The zero-order valence-electron chi connectivity index (χ0n) is 10.2. The Morgan fingerprint density at radius 1 is 1.56 bits per heavy atom. The molecule has 0 spiro atoms. The van der Waals surface area contributed by atoms with Crippen molar-refractivity contribution in [3.8, 4) is 0 Å². The van der Waals surface area contributed by atoms with Gasteiger partial charge in [0.15, 0.2) is 0 Å². The third-order valence-electron chi connectivity index (χ3n) is 3.98. The molecule has 0 bridgehead atoms. The van der Waals surface area contributed by atoms with Gasteiger partial charge < -0.3 is 9.73 Å². The monoisotopic (exact) mass is 285 g/mol. The molecule has 2 atom stereocenters. The van der Waals surface area contributed by atoms with Gasteiger partial charge in [0.05, 0.1) is 16.8 Å². The summed E-state index contributed by atoms with van der Waals surface area (Å²) in [7, 11) is 2.02. The summed E-state index contributed by atoms with van der Waals surface area (Å²) in [6.45, 7) is 4.73. The van der Waals surface area contributed by atoms with Crippen molar-refractivity contribution in [3.05, 3.63) is 22.6 Å². The number of halogens is 1. The van der Waals surface area contributed by atoms with E-state index in [1.165, 1.54) is 19.3 Å². The van der Waals surface area contributed by atoms with Crippen molar-refractivity contribution in [3.63, 3.8) is 0 Å². The lowest BCUT2D eigenvalue weighted by molar-refractivity contribution is 0.186. The van der Waals surface area contributed by atoms with Crippen LogP contribution in [-0.2, 0) is 0 Å². The summed E-state index contributed by atoms with van der Waals surface area (Å²) in [5.41, 5.74) is 0.403. The molecule has 1 aromatic heterocycles. The molecule has 90 valence electrons. The number of nitrogens with one attached hydrogen (secondary N) is 1. The maximum atomic E-state index is 5.61. The maximum absolute atomic E-state index is 5.61. The molecule has 0 radical (unpaired) electrons. The van der Waals surface area contributed by atoms with Crippen LogP contribution in [0.5, 0.6) is 0 Å². The Kier molecular flexibility index (Phi) is 3.45. The molecule has 16 heavy (non-hydrogen) atoms. The lowest BCUT2D eigenvalue weighted by Gasteiger charge is -2.33. The van der Waals surface area contributed by atoms with E-state index in [9.17, 15) is 0 Å². The SMILES string of the molecule is CNC(c1occc1Br)C1CCCC1(C)C. The van der Waals surface area contributed by atoms with Crippen LogP contribution >= 0.6 is 15.9 Å². The first kappa shape index (κ1) is 12.2. The Morgan fingerprint density at radius 2 is 2.31 bits per heavy atom. The minimum absolute atomic E-state index is 0.321. The summed E-state index contributed by atoms with van der Waals surface area (Å²) in [5.74, 6) is 1.70. The molecule has 3 heteroatoms. The quantitative estimate of drug-likeness (QED) is 0.903. The van der Waals surface area contributed by atoms with Crippen LogP contribution < -0.4 is 5.32 Å². The van der Waals surface area contributed by atoms with E-state index in [1.807, 2.05) is 13.1 Å². The van der Waals surface area contributed by atoms with Crippen molar-refractivity contribution >= 4 is 15.9 Å². The topological polar surface area (TPSA) is 25.2 Å². The van der Waals surface area contributed by atoms with Gasteiger partial charge in [-0.15, -0.1) is 0 Å². The van der Waals surface area contributed by atoms with E-state index >= 15 is 0 Å². The van der Waals surface area contributed by atoms with E-state index in [0.29, 0.717) is 17.4 Å². The first-order chi connectivity index (χ1) is 7.56. The smallest absolute Gasteiger partial charge is 0.135 e. The molecular weight excluding hydrogens is 266 g/mol. The largest absolute Gasteiger partial charge is 0.466 e. The van der Waals surface area contributed by atoms with Crippen LogP contribution in [0.4, 0.5) is 0 Å². The molecule has 2 unspecified atom stereocenters. The molecule has 2 rings (SSSR count). The molecule has 0 saturated heterocycles. The summed E-state index contributed by atoms with van der Waals surface area (Å²) in [4.78, 5) is 0. The molecule has 1 aliphatic rings. The summed E-state index contributed by atoms with van der Waals surface area (Å²) in [6.07, 6.45) is 5.68. The van der Waals surface area contributed by atoms with Crippen LogP contribution in [0, 0.1) is 11.3 Å². The first-order valence-corrected chi connectivity index (χ1v) is 6.75. The molecule has 0 amide bonds. The highest BCUT2D eigenvalue weighted by atomic mass is 79.9. The molecule has 2 nitrogen and oxygen atoms in total. The first-order valence-electron chi connectivity index (χ1n) is 5.96. The summed E-state index contributed by atoms with van der Waals surface area (Å²) >= 11 is 3.56. The van der Waals surface area contributed by atoms with Gasteiger partial charge in [-0.1, -0.05) is 20.3 Å². The van der Waals surface area contributed by atoms with E-state index in [-0.39, 0.29) is 0 Å². The predicted octanol–water partition coefficient (Wildman–Crippen LogP) is 4.13. The summed E-state index contributed by atoms with van der Waals surface area (Å²) < 4.78 is 6.69. The van der Waals surface area contributed by atoms with Gasteiger partial charge >= 0.3 is 0 Å². The molecule has 1 saturated carbocycles. The molecule has 1 aliphatic carbocycles. The maximum Gasteiger partial charge on any atom is 0.135 e. The van der Waals surface area contributed by atoms with Crippen molar-refractivity contribution in [1.82, 2.24) is 5.32 Å². The Labute approximate surface area is 106 Å². The highest BCUT2D eigenvalue weighted by molar-refractivity contribution is 9.10. The van der Waals surface area contributed by atoms with Crippen LogP contribution in [-0.4, -0.2) is 7.05 Å².